The largest absolute Gasteiger partial charge is 0.495 e. The molecule has 2 aliphatic heterocycles. The summed E-state index contributed by atoms with van der Waals surface area (Å²) in [7, 11) is -2.31. The van der Waals surface area contributed by atoms with Crippen LogP contribution in [-0.4, -0.2) is 69.9 Å². The maximum absolute atomic E-state index is 13.5. The maximum atomic E-state index is 13.5. The third-order valence-corrected chi connectivity index (χ3v) is 8.40. The van der Waals surface area contributed by atoms with Crippen LogP contribution in [-0.2, 0) is 10.0 Å². The van der Waals surface area contributed by atoms with Crippen molar-refractivity contribution in [2.24, 2.45) is 11.8 Å². The van der Waals surface area contributed by atoms with E-state index < -0.39 is 10.0 Å². The highest BCUT2D eigenvalue weighted by Crippen LogP contribution is 2.32. The number of piperidine rings is 1. The van der Waals surface area contributed by atoms with Gasteiger partial charge in [-0.1, -0.05) is 32.0 Å². The van der Waals surface area contributed by atoms with Crippen LogP contribution in [0.1, 0.15) is 30.6 Å². The molecule has 8 heteroatoms. The van der Waals surface area contributed by atoms with Gasteiger partial charge in [0.15, 0.2) is 0 Å². The van der Waals surface area contributed by atoms with Gasteiger partial charge in [0.2, 0.25) is 10.0 Å². The number of piperazine rings is 1. The van der Waals surface area contributed by atoms with Crippen LogP contribution < -0.4 is 9.64 Å². The summed E-state index contributed by atoms with van der Waals surface area (Å²) in [5.74, 6) is 0.703. The molecule has 2 atom stereocenters. The summed E-state index contributed by atoms with van der Waals surface area (Å²) >= 11 is 0. The fourth-order valence-electron chi connectivity index (χ4n) is 4.94. The van der Waals surface area contributed by atoms with E-state index in [-0.39, 0.29) is 16.6 Å². The van der Waals surface area contributed by atoms with Gasteiger partial charge in [-0.2, -0.15) is 4.31 Å². The van der Waals surface area contributed by atoms with Gasteiger partial charge in [0.1, 0.15) is 10.6 Å². The SMILES string of the molecule is COc1ccc(C(=O)N2CCN(c3ccccc3)CC2)cc1S(=O)(=O)N1CC(C)CC(C)C1. The minimum absolute atomic E-state index is 0.0695. The van der Waals surface area contributed by atoms with Gasteiger partial charge in [-0.05, 0) is 48.6 Å². The number of nitrogens with zero attached hydrogens (tertiary/aromatic N) is 3. The van der Waals surface area contributed by atoms with Gasteiger partial charge >= 0.3 is 0 Å². The van der Waals surface area contributed by atoms with Crippen molar-refractivity contribution in [2.75, 3.05) is 51.3 Å². The first kappa shape index (κ1) is 23.6. The Morgan fingerprint density at radius 1 is 0.939 bits per heavy atom. The Hall–Kier alpha value is -2.58. The number of para-hydroxylation sites is 1. The molecule has 0 bridgehead atoms. The first-order chi connectivity index (χ1) is 15.8. The zero-order valence-electron chi connectivity index (χ0n) is 19.6. The van der Waals surface area contributed by atoms with Crippen molar-refractivity contribution < 1.29 is 17.9 Å². The standard InChI is InChI=1S/C25H33N3O4S/c1-19-15-20(2)18-28(17-19)33(30,31)24-16-21(9-10-23(24)32-3)25(29)27-13-11-26(12-14-27)22-7-5-4-6-8-22/h4-10,16,19-20H,11-15,17-18H2,1-3H3. The van der Waals surface area contributed by atoms with E-state index in [1.807, 2.05) is 18.2 Å². The molecule has 0 N–H and O–H groups in total. The van der Waals surface area contributed by atoms with Crippen LogP contribution in [0.25, 0.3) is 0 Å². The number of carbonyl (C=O) groups is 1. The highest BCUT2D eigenvalue weighted by Gasteiger charge is 2.34. The Balaban J connectivity index is 1.53. The monoisotopic (exact) mass is 471 g/mol. The van der Waals surface area contributed by atoms with E-state index in [9.17, 15) is 13.2 Å². The van der Waals surface area contributed by atoms with Crippen LogP contribution in [0.5, 0.6) is 5.75 Å². The van der Waals surface area contributed by atoms with Gasteiger partial charge < -0.3 is 14.5 Å². The van der Waals surface area contributed by atoms with Gasteiger partial charge in [0.05, 0.1) is 7.11 Å². The van der Waals surface area contributed by atoms with Crippen molar-refractivity contribution in [3.63, 3.8) is 0 Å². The summed E-state index contributed by atoms with van der Waals surface area (Å²) in [6, 6.07) is 14.9. The molecular formula is C25H33N3O4S. The van der Waals surface area contributed by atoms with Gasteiger partial charge in [-0.3, -0.25) is 4.79 Å². The van der Waals surface area contributed by atoms with Gasteiger partial charge in [-0.15, -0.1) is 0 Å². The number of rotatable bonds is 5. The topological polar surface area (TPSA) is 70.2 Å². The second kappa shape index (κ2) is 9.73. The van der Waals surface area contributed by atoms with Crippen molar-refractivity contribution in [3.8, 4) is 5.75 Å². The number of ether oxygens (including phenoxy) is 1. The fraction of sp³-hybridized carbons (Fsp3) is 0.480. The summed E-state index contributed by atoms with van der Waals surface area (Å²) in [6.07, 6.45) is 1.01. The van der Waals surface area contributed by atoms with E-state index in [2.05, 4.69) is 30.9 Å². The van der Waals surface area contributed by atoms with Gasteiger partial charge in [0, 0.05) is 50.5 Å². The smallest absolute Gasteiger partial charge is 0.254 e. The third kappa shape index (κ3) is 5.01. The van der Waals surface area contributed by atoms with Crippen LogP contribution in [0.4, 0.5) is 5.69 Å². The first-order valence-corrected chi connectivity index (χ1v) is 13.0. The first-order valence-electron chi connectivity index (χ1n) is 11.6. The number of carbonyl (C=O) groups excluding carboxylic acids is 1. The molecule has 7 nitrogen and oxygen atoms in total. The summed E-state index contributed by atoms with van der Waals surface area (Å²) in [5, 5.41) is 0. The molecule has 4 rings (SSSR count). The van der Waals surface area contributed by atoms with Gasteiger partial charge in [-0.25, -0.2) is 8.42 Å². The van der Waals surface area contributed by atoms with E-state index in [0.717, 1.165) is 25.2 Å². The molecular weight excluding hydrogens is 438 g/mol. The number of benzene rings is 2. The summed E-state index contributed by atoms with van der Waals surface area (Å²) in [5.41, 5.74) is 1.52. The second-order valence-electron chi connectivity index (χ2n) is 9.25. The zero-order chi connectivity index (χ0) is 23.6. The molecule has 33 heavy (non-hydrogen) atoms. The average Bonchev–Trinajstić information content (AvgIpc) is 2.83. The number of hydrogen-bond donors (Lipinski definition) is 0. The summed E-state index contributed by atoms with van der Waals surface area (Å²) in [6.45, 7) is 7.76. The van der Waals surface area contributed by atoms with E-state index >= 15 is 0 Å². The molecule has 2 fully saturated rings. The zero-order valence-corrected chi connectivity index (χ0v) is 20.4. The molecule has 0 aromatic heterocycles. The Morgan fingerprint density at radius 3 is 2.18 bits per heavy atom. The summed E-state index contributed by atoms with van der Waals surface area (Å²) < 4.78 is 34.0. The molecule has 178 valence electrons. The van der Waals surface area contributed by atoms with Crippen LogP contribution in [0.2, 0.25) is 0 Å². The molecule has 0 spiro atoms. The molecule has 2 unspecified atom stereocenters. The Kier molecular flexibility index (Phi) is 6.95. The van der Waals surface area contributed by atoms with Crippen molar-refractivity contribution in [1.29, 1.82) is 0 Å². The van der Waals surface area contributed by atoms with E-state index in [4.69, 9.17) is 4.74 Å². The molecule has 2 aliphatic rings. The lowest BCUT2D eigenvalue weighted by Crippen LogP contribution is -2.48. The number of methoxy groups -OCH3 is 1. The molecule has 0 radical (unpaired) electrons. The van der Waals surface area contributed by atoms with Crippen molar-refractivity contribution in [1.82, 2.24) is 9.21 Å². The number of amides is 1. The second-order valence-corrected chi connectivity index (χ2v) is 11.2. The molecule has 2 heterocycles. The number of sulfonamides is 1. The minimum atomic E-state index is -3.77. The van der Waals surface area contributed by atoms with Gasteiger partial charge in [0.25, 0.3) is 5.91 Å². The van der Waals surface area contributed by atoms with E-state index in [1.165, 1.54) is 17.5 Å². The normalized spacial score (nSPS) is 22.3. The highest BCUT2D eigenvalue weighted by atomic mass is 32.2. The molecule has 2 saturated heterocycles. The number of hydrogen-bond acceptors (Lipinski definition) is 5. The van der Waals surface area contributed by atoms with Crippen LogP contribution in [0, 0.1) is 11.8 Å². The minimum Gasteiger partial charge on any atom is -0.495 e. The predicted molar refractivity (Wildman–Crippen MR) is 129 cm³/mol. The average molecular weight is 472 g/mol. The highest BCUT2D eigenvalue weighted by molar-refractivity contribution is 7.89. The molecule has 1 amide bonds. The van der Waals surface area contributed by atoms with Crippen molar-refractivity contribution in [3.05, 3.63) is 54.1 Å². The lowest BCUT2D eigenvalue weighted by Gasteiger charge is -2.36. The lowest BCUT2D eigenvalue weighted by atomic mass is 9.94. The molecule has 2 aromatic rings. The Morgan fingerprint density at radius 2 is 1.58 bits per heavy atom. The van der Waals surface area contributed by atoms with Crippen LogP contribution in [0.3, 0.4) is 0 Å². The summed E-state index contributed by atoms with van der Waals surface area (Å²) in [4.78, 5) is 17.4. The molecule has 0 saturated carbocycles. The number of anilines is 1. The Labute approximate surface area is 197 Å². The third-order valence-electron chi connectivity index (χ3n) is 6.55. The Bertz CT molecular complexity index is 1070. The molecule has 0 aliphatic carbocycles. The quantitative estimate of drug-likeness (QED) is 0.669. The van der Waals surface area contributed by atoms with Crippen LogP contribution >= 0.6 is 0 Å². The predicted octanol–water partition coefficient (Wildman–Crippen LogP) is 3.32. The lowest BCUT2D eigenvalue weighted by molar-refractivity contribution is 0.0746. The van der Waals surface area contributed by atoms with Crippen molar-refractivity contribution >= 4 is 21.6 Å². The van der Waals surface area contributed by atoms with Crippen LogP contribution in [0.15, 0.2) is 53.4 Å². The maximum Gasteiger partial charge on any atom is 0.254 e. The van der Waals surface area contributed by atoms with Crippen molar-refractivity contribution in [2.45, 2.75) is 25.2 Å². The molecule has 2 aromatic carbocycles. The van der Waals surface area contributed by atoms with E-state index in [1.54, 1.807) is 17.0 Å². The van der Waals surface area contributed by atoms with E-state index in [0.29, 0.717) is 43.6 Å². The fourth-order valence-corrected chi connectivity index (χ4v) is 6.80.